The Hall–Kier alpha value is -3.48. The first-order chi connectivity index (χ1) is 13.5. The van der Waals surface area contributed by atoms with Gasteiger partial charge in [-0.1, -0.05) is 36.4 Å². The fourth-order valence-electron chi connectivity index (χ4n) is 3.99. The van der Waals surface area contributed by atoms with E-state index in [2.05, 4.69) is 0 Å². The predicted octanol–water partition coefficient (Wildman–Crippen LogP) is 1.88. The standard InChI is InChI=1S/C21H18N2O5/c24-18(11-23-20(27)15-7-3-4-8-16(15)21(23)28)22(12-19(25)26)17-10-9-13-5-1-2-6-14(13)17/h1-8,17H,9-12H2,(H,25,26). The summed E-state index contributed by atoms with van der Waals surface area (Å²) in [5.74, 6) is -2.76. The number of carbonyl (C=O) groups excluding carboxylic acids is 3. The molecule has 7 heteroatoms. The molecule has 28 heavy (non-hydrogen) atoms. The molecule has 0 fully saturated rings. The van der Waals surface area contributed by atoms with Crippen LogP contribution in [0.25, 0.3) is 0 Å². The van der Waals surface area contributed by atoms with Gasteiger partial charge in [-0.2, -0.15) is 0 Å². The van der Waals surface area contributed by atoms with Crippen molar-refractivity contribution in [3.63, 3.8) is 0 Å². The lowest BCUT2D eigenvalue weighted by Crippen LogP contribution is -2.45. The van der Waals surface area contributed by atoms with Gasteiger partial charge in [-0.05, 0) is 36.1 Å². The summed E-state index contributed by atoms with van der Waals surface area (Å²) >= 11 is 0. The first kappa shape index (κ1) is 17.9. The van der Waals surface area contributed by atoms with Crippen molar-refractivity contribution in [1.29, 1.82) is 0 Å². The zero-order chi connectivity index (χ0) is 19.8. The number of nitrogens with zero attached hydrogens (tertiary/aromatic N) is 2. The molecule has 0 saturated heterocycles. The first-order valence-electron chi connectivity index (χ1n) is 9.01. The molecule has 0 saturated carbocycles. The molecule has 0 bridgehead atoms. The van der Waals surface area contributed by atoms with E-state index in [-0.39, 0.29) is 17.2 Å². The van der Waals surface area contributed by atoms with Crippen LogP contribution in [0.1, 0.15) is 44.3 Å². The lowest BCUT2D eigenvalue weighted by molar-refractivity contribution is -0.146. The molecular weight excluding hydrogens is 360 g/mol. The van der Waals surface area contributed by atoms with Crippen LogP contribution in [0.5, 0.6) is 0 Å². The normalized spacial score (nSPS) is 17.4. The molecule has 1 N–H and O–H groups in total. The van der Waals surface area contributed by atoms with Crippen molar-refractivity contribution in [2.24, 2.45) is 0 Å². The molecule has 3 amide bonds. The maximum atomic E-state index is 13.0. The lowest BCUT2D eigenvalue weighted by Gasteiger charge is -2.29. The Morgan fingerprint density at radius 3 is 2.25 bits per heavy atom. The third kappa shape index (κ3) is 2.94. The monoisotopic (exact) mass is 378 g/mol. The van der Waals surface area contributed by atoms with Gasteiger partial charge in [-0.3, -0.25) is 24.1 Å². The Bertz CT molecular complexity index is 965. The molecule has 0 radical (unpaired) electrons. The highest BCUT2D eigenvalue weighted by atomic mass is 16.4. The van der Waals surface area contributed by atoms with Gasteiger partial charge in [-0.25, -0.2) is 0 Å². The SMILES string of the molecule is O=C(O)CN(C(=O)CN1C(=O)c2ccccc2C1=O)C1CCc2ccccc21. The van der Waals surface area contributed by atoms with Crippen LogP contribution in [0, 0.1) is 0 Å². The molecule has 1 atom stereocenters. The topological polar surface area (TPSA) is 95.0 Å². The summed E-state index contributed by atoms with van der Waals surface area (Å²) in [5, 5.41) is 9.31. The molecule has 2 aliphatic rings. The van der Waals surface area contributed by atoms with Crippen LogP contribution in [0.15, 0.2) is 48.5 Å². The smallest absolute Gasteiger partial charge is 0.323 e. The average Bonchev–Trinajstić information content (AvgIpc) is 3.21. The van der Waals surface area contributed by atoms with Crippen LogP contribution < -0.4 is 0 Å². The van der Waals surface area contributed by atoms with Gasteiger partial charge < -0.3 is 10.0 Å². The third-order valence-electron chi connectivity index (χ3n) is 5.27. The highest BCUT2D eigenvalue weighted by Gasteiger charge is 2.39. The molecule has 142 valence electrons. The third-order valence-corrected chi connectivity index (χ3v) is 5.27. The maximum Gasteiger partial charge on any atom is 0.323 e. The number of imide groups is 1. The van der Waals surface area contributed by atoms with Crippen LogP contribution in [-0.4, -0.2) is 51.7 Å². The molecular formula is C21H18N2O5. The predicted molar refractivity (Wildman–Crippen MR) is 98.7 cm³/mol. The van der Waals surface area contributed by atoms with E-state index in [1.807, 2.05) is 24.3 Å². The van der Waals surface area contributed by atoms with Gasteiger partial charge in [0.05, 0.1) is 17.2 Å². The summed E-state index contributed by atoms with van der Waals surface area (Å²) in [4.78, 5) is 51.6. The van der Waals surface area contributed by atoms with Crippen LogP contribution in [0.3, 0.4) is 0 Å². The lowest BCUT2D eigenvalue weighted by atomic mass is 10.1. The van der Waals surface area contributed by atoms with Gasteiger partial charge in [0.2, 0.25) is 5.91 Å². The number of hydrogen-bond donors (Lipinski definition) is 1. The minimum absolute atomic E-state index is 0.260. The molecule has 0 aromatic heterocycles. The van der Waals surface area contributed by atoms with Gasteiger partial charge in [0.25, 0.3) is 11.8 Å². The minimum atomic E-state index is -1.14. The molecule has 4 rings (SSSR count). The van der Waals surface area contributed by atoms with Gasteiger partial charge in [0, 0.05) is 0 Å². The fraction of sp³-hybridized carbons (Fsp3) is 0.238. The quantitative estimate of drug-likeness (QED) is 0.802. The highest BCUT2D eigenvalue weighted by Crippen LogP contribution is 2.36. The Balaban J connectivity index is 1.59. The van der Waals surface area contributed by atoms with E-state index in [4.69, 9.17) is 0 Å². The van der Waals surface area contributed by atoms with Gasteiger partial charge in [0.1, 0.15) is 13.1 Å². The number of aliphatic carboxylic acids is 1. The van der Waals surface area contributed by atoms with Crippen molar-refractivity contribution in [3.05, 3.63) is 70.8 Å². The fourth-order valence-corrected chi connectivity index (χ4v) is 3.99. The molecule has 1 heterocycles. The minimum Gasteiger partial charge on any atom is -0.480 e. The van der Waals surface area contributed by atoms with Crippen molar-refractivity contribution < 1.29 is 24.3 Å². The second-order valence-corrected chi connectivity index (χ2v) is 6.91. The average molecular weight is 378 g/mol. The highest BCUT2D eigenvalue weighted by molar-refractivity contribution is 6.22. The number of benzene rings is 2. The Morgan fingerprint density at radius 1 is 1.00 bits per heavy atom. The second-order valence-electron chi connectivity index (χ2n) is 6.91. The molecule has 2 aromatic carbocycles. The number of rotatable bonds is 5. The summed E-state index contributed by atoms with van der Waals surface area (Å²) in [7, 11) is 0. The Labute approximate surface area is 161 Å². The molecule has 1 unspecified atom stereocenters. The van der Waals surface area contributed by atoms with Gasteiger partial charge in [-0.15, -0.1) is 0 Å². The van der Waals surface area contributed by atoms with Crippen molar-refractivity contribution in [3.8, 4) is 0 Å². The number of carboxylic acid groups (broad SMARTS) is 1. The van der Waals surface area contributed by atoms with E-state index in [1.54, 1.807) is 24.3 Å². The summed E-state index contributed by atoms with van der Waals surface area (Å²) in [6, 6.07) is 13.6. The molecule has 7 nitrogen and oxygen atoms in total. The second kappa shape index (κ2) is 6.92. The van der Waals surface area contributed by atoms with Crippen molar-refractivity contribution >= 4 is 23.7 Å². The van der Waals surface area contributed by atoms with Crippen molar-refractivity contribution in [2.45, 2.75) is 18.9 Å². The van der Waals surface area contributed by atoms with Gasteiger partial charge in [0.15, 0.2) is 0 Å². The number of carbonyl (C=O) groups is 4. The molecule has 0 spiro atoms. The largest absolute Gasteiger partial charge is 0.480 e. The van der Waals surface area contributed by atoms with E-state index in [0.717, 1.165) is 22.4 Å². The molecule has 1 aliphatic heterocycles. The van der Waals surface area contributed by atoms with E-state index >= 15 is 0 Å². The number of fused-ring (bicyclic) bond motifs is 2. The molecule has 2 aromatic rings. The van der Waals surface area contributed by atoms with Crippen molar-refractivity contribution in [1.82, 2.24) is 9.80 Å². The zero-order valence-electron chi connectivity index (χ0n) is 15.0. The summed E-state index contributed by atoms with van der Waals surface area (Å²) in [5.41, 5.74) is 2.52. The van der Waals surface area contributed by atoms with Crippen LogP contribution in [-0.2, 0) is 16.0 Å². The van der Waals surface area contributed by atoms with Crippen LogP contribution >= 0.6 is 0 Å². The Kier molecular flexibility index (Phi) is 4.43. The van der Waals surface area contributed by atoms with Gasteiger partial charge >= 0.3 is 5.97 Å². The maximum absolute atomic E-state index is 13.0. The summed E-state index contributed by atoms with van der Waals surface area (Å²) in [6.07, 6.45) is 1.36. The van der Waals surface area contributed by atoms with E-state index in [9.17, 15) is 24.3 Å². The zero-order valence-corrected chi connectivity index (χ0v) is 15.0. The summed E-state index contributed by atoms with van der Waals surface area (Å²) in [6.45, 7) is -0.959. The summed E-state index contributed by atoms with van der Waals surface area (Å²) < 4.78 is 0. The Morgan fingerprint density at radius 2 is 1.61 bits per heavy atom. The number of hydrogen-bond acceptors (Lipinski definition) is 4. The number of amides is 3. The van der Waals surface area contributed by atoms with E-state index in [0.29, 0.717) is 6.42 Å². The number of aryl methyl sites for hydroxylation is 1. The van der Waals surface area contributed by atoms with E-state index < -0.39 is 36.8 Å². The van der Waals surface area contributed by atoms with Crippen LogP contribution in [0.4, 0.5) is 0 Å². The van der Waals surface area contributed by atoms with Crippen LogP contribution in [0.2, 0.25) is 0 Å². The first-order valence-corrected chi connectivity index (χ1v) is 9.01. The van der Waals surface area contributed by atoms with Crippen molar-refractivity contribution in [2.75, 3.05) is 13.1 Å². The molecule has 1 aliphatic carbocycles. The number of carboxylic acids is 1. The van der Waals surface area contributed by atoms with E-state index in [1.165, 1.54) is 4.90 Å².